The van der Waals surface area contributed by atoms with E-state index in [2.05, 4.69) is 22.5 Å². The third-order valence-electron chi connectivity index (χ3n) is 3.45. The molecule has 23 heavy (non-hydrogen) atoms. The Morgan fingerprint density at radius 1 is 1.26 bits per heavy atom. The number of amides is 1. The number of pyridine rings is 1. The Morgan fingerprint density at radius 3 is 2.74 bits per heavy atom. The molecule has 0 aliphatic heterocycles. The molecule has 1 aromatic carbocycles. The molecule has 0 saturated carbocycles. The van der Waals surface area contributed by atoms with Gasteiger partial charge in [0, 0.05) is 6.54 Å². The molecule has 1 aromatic heterocycles. The number of nitrogens with zero attached hydrogens (tertiary/aromatic N) is 1. The summed E-state index contributed by atoms with van der Waals surface area (Å²) in [7, 11) is 1.64. The van der Waals surface area contributed by atoms with Crippen LogP contribution in [0, 0.1) is 6.92 Å². The van der Waals surface area contributed by atoms with Gasteiger partial charge in [-0.3, -0.25) is 4.79 Å². The van der Waals surface area contributed by atoms with Crippen molar-refractivity contribution in [2.45, 2.75) is 26.7 Å². The minimum absolute atomic E-state index is 0.141. The van der Waals surface area contributed by atoms with Crippen LogP contribution in [0.5, 0.6) is 5.75 Å². The molecule has 5 heteroatoms. The van der Waals surface area contributed by atoms with Gasteiger partial charge in [-0.05, 0) is 43.2 Å². The fourth-order valence-corrected chi connectivity index (χ4v) is 2.15. The third-order valence-corrected chi connectivity index (χ3v) is 3.45. The van der Waals surface area contributed by atoms with Gasteiger partial charge >= 0.3 is 0 Å². The van der Waals surface area contributed by atoms with E-state index in [0.29, 0.717) is 12.2 Å². The first-order valence-corrected chi connectivity index (χ1v) is 7.80. The number of carbonyl (C=O) groups is 1. The molecule has 0 fully saturated rings. The second-order valence-electron chi connectivity index (χ2n) is 5.37. The summed E-state index contributed by atoms with van der Waals surface area (Å²) in [6.45, 7) is 4.79. The molecule has 0 atom stereocenters. The van der Waals surface area contributed by atoms with Gasteiger partial charge < -0.3 is 15.4 Å². The van der Waals surface area contributed by atoms with Crippen LogP contribution in [0.3, 0.4) is 0 Å². The zero-order valence-electron chi connectivity index (χ0n) is 13.8. The van der Waals surface area contributed by atoms with Crippen molar-refractivity contribution in [3.63, 3.8) is 0 Å². The number of rotatable bonds is 7. The first kappa shape index (κ1) is 16.8. The first-order valence-electron chi connectivity index (χ1n) is 7.80. The predicted octanol–water partition coefficient (Wildman–Crippen LogP) is 3.67. The second kappa shape index (κ2) is 8.17. The van der Waals surface area contributed by atoms with Crippen molar-refractivity contribution >= 4 is 17.3 Å². The van der Waals surface area contributed by atoms with Gasteiger partial charge in [0.25, 0.3) is 5.91 Å². The summed E-state index contributed by atoms with van der Waals surface area (Å²) in [5.41, 5.74) is 3.23. The van der Waals surface area contributed by atoms with E-state index >= 15 is 0 Å². The van der Waals surface area contributed by atoms with E-state index < -0.39 is 0 Å². The Bertz CT molecular complexity index is 654. The molecule has 5 nitrogen and oxygen atoms in total. The van der Waals surface area contributed by atoms with Crippen LogP contribution in [0.1, 0.15) is 35.8 Å². The number of unbranched alkanes of at least 4 members (excludes halogenated alkanes) is 1. The predicted molar refractivity (Wildman–Crippen MR) is 92.5 cm³/mol. The molecule has 2 rings (SSSR count). The molecule has 0 radical (unpaired) electrons. The number of hydrogen-bond acceptors (Lipinski definition) is 4. The van der Waals surface area contributed by atoms with Crippen LogP contribution < -0.4 is 15.4 Å². The number of carbonyl (C=O) groups excluding carboxylic acids is 1. The second-order valence-corrected chi connectivity index (χ2v) is 5.37. The molecule has 0 spiro atoms. The van der Waals surface area contributed by atoms with E-state index in [1.165, 1.54) is 0 Å². The van der Waals surface area contributed by atoms with Gasteiger partial charge in [0.1, 0.15) is 11.4 Å². The number of anilines is 2. The topological polar surface area (TPSA) is 63.2 Å². The minimum Gasteiger partial charge on any atom is -0.495 e. The molecule has 1 amide bonds. The molecule has 2 N–H and O–H groups in total. The number of aromatic nitrogens is 1. The Morgan fingerprint density at radius 2 is 2.09 bits per heavy atom. The zero-order valence-corrected chi connectivity index (χ0v) is 13.8. The molecule has 0 saturated heterocycles. The van der Waals surface area contributed by atoms with Crippen LogP contribution in [0.25, 0.3) is 0 Å². The van der Waals surface area contributed by atoms with Gasteiger partial charge in [0.05, 0.1) is 24.7 Å². The van der Waals surface area contributed by atoms with Crippen molar-refractivity contribution in [3.05, 3.63) is 47.8 Å². The number of benzene rings is 1. The zero-order chi connectivity index (χ0) is 16.7. The van der Waals surface area contributed by atoms with Crippen LogP contribution in [0.2, 0.25) is 0 Å². The molecule has 2 aromatic rings. The fraction of sp³-hybridized carbons (Fsp3) is 0.333. The fourth-order valence-electron chi connectivity index (χ4n) is 2.15. The highest BCUT2D eigenvalue weighted by atomic mass is 16.5. The van der Waals surface area contributed by atoms with Gasteiger partial charge in [-0.1, -0.05) is 19.4 Å². The summed E-state index contributed by atoms with van der Waals surface area (Å²) < 4.78 is 5.34. The number of nitrogens with one attached hydrogen (secondary N) is 2. The minimum atomic E-state index is -0.141. The van der Waals surface area contributed by atoms with Crippen molar-refractivity contribution in [2.24, 2.45) is 0 Å². The van der Waals surface area contributed by atoms with Crippen molar-refractivity contribution in [2.75, 3.05) is 19.0 Å². The molecule has 0 aliphatic carbocycles. The van der Waals surface area contributed by atoms with Crippen LogP contribution in [0.4, 0.5) is 11.4 Å². The van der Waals surface area contributed by atoms with Crippen LogP contribution in [-0.2, 0) is 0 Å². The standard InChI is InChI=1S/C18H23N3O2/c1-4-5-10-19-18(22)15-8-7-14(12-20-15)21-16-11-13(2)6-9-17(16)23-3/h6-9,11-12,21H,4-5,10H2,1-3H3,(H,19,22). The smallest absolute Gasteiger partial charge is 0.269 e. The van der Waals surface area contributed by atoms with Gasteiger partial charge in [-0.15, -0.1) is 0 Å². The molecule has 0 aliphatic rings. The number of methoxy groups -OCH3 is 1. The van der Waals surface area contributed by atoms with Crippen molar-refractivity contribution in [3.8, 4) is 5.75 Å². The lowest BCUT2D eigenvalue weighted by Gasteiger charge is -2.12. The number of hydrogen-bond donors (Lipinski definition) is 2. The summed E-state index contributed by atoms with van der Waals surface area (Å²) in [6, 6.07) is 9.46. The summed E-state index contributed by atoms with van der Waals surface area (Å²) in [5.74, 6) is 0.620. The van der Waals surface area contributed by atoms with E-state index in [1.807, 2.05) is 31.2 Å². The maximum atomic E-state index is 11.9. The lowest BCUT2D eigenvalue weighted by molar-refractivity contribution is 0.0948. The van der Waals surface area contributed by atoms with E-state index in [9.17, 15) is 4.79 Å². The Balaban J connectivity index is 2.05. The quantitative estimate of drug-likeness (QED) is 0.766. The van der Waals surface area contributed by atoms with Crippen molar-refractivity contribution < 1.29 is 9.53 Å². The van der Waals surface area contributed by atoms with Crippen molar-refractivity contribution in [1.29, 1.82) is 0 Å². The van der Waals surface area contributed by atoms with Crippen LogP contribution in [0.15, 0.2) is 36.5 Å². The molecule has 0 unspecified atom stereocenters. The highest BCUT2D eigenvalue weighted by Crippen LogP contribution is 2.28. The SMILES string of the molecule is CCCCNC(=O)c1ccc(Nc2cc(C)ccc2OC)cn1. The highest BCUT2D eigenvalue weighted by molar-refractivity contribution is 5.92. The first-order chi connectivity index (χ1) is 11.1. The van der Waals surface area contributed by atoms with Gasteiger partial charge in [-0.25, -0.2) is 4.98 Å². The maximum absolute atomic E-state index is 11.9. The molecular formula is C18H23N3O2. The van der Waals surface area contributed by atoms with E-state index in [0.717, 1.165) is 35.5 Å². The van der Waals surface area contributed by atoms with E-state index in [1.54, 1.807) is 19.4 Å². The van der Waals surface area contributed by atoms with Crippen molar-refractivity contribution in [1.82, 2.24) is 10.3 Å². The summed E-state index contributed by atoms with van der Waals surface area (Å²) in [5, 5.41) is 6.12. The lowest BCUT2D eigenvalue weighted by atomic mass is 10.2. The average Bonchev–Trinajstić information content (AvgIpc) is 2.56. The van der Waals surface area contributed by atoms with Gasteiger partial charge in [0.15, 0.2) is 0 Å². The van der Waals surface area contributed by atoms with Crippen LogP contribution >= 0.6 is 0 Å². The Kier molecular flexibility index (Phi) is 5.97. The molecular weight excluding hydrogens is 290 g/mol. The summed E-state index contributed by atoms with van der Waals surface area (Å²) in [4.78, 5) is 16.1. The number of ether oxygens (including phenoxy) is 1. The molecule has 0 bridgehead atoms. The normalized spacial score (nSPS) is 10.2. The largest absolute Gasteiger partial charge is 0.495 e. The molecule has 122 valence electrons. The maximum Gasteiger partial charge on any atom is 0.269 e. The average molecular weight is 313 g/mol. The molecule has 1 heterocycles. The van der Waals surface area contributed by atoms with E-state index in [4.69, 9.17) is 4.74 Å². The highest BCUT2D eigenvalue weighted by Gasteiger charge is 2.07. The monoisotopic (exact) mass is 313 g/mol. The summed E-state index contributed by atoms with van der Waals surface area (Å²) >= 11 is 0. The van der Waals surface area contributed by atoms with Gasteiger partial charge in [-0.2, -0.15) is 0 Å². The van der Waals surface area contributed by atoms with Crippen LogP contribution in [-0.4, -0.2) is 24.5 Å². The number of aryl methyl sites for hydroxylation is 1. The Labute approximate surface area is 137 Å². The summed E-state index contributed by atoms with van der Waals surface area (Å²) in [6.07, 6.45) is 3.67. The van der Waals surface area contributed by atoms with E-state index in [-0.39, 0.29) is 5.91 Å². The van der Waals surface area contributed by atoms with Gasteiger partial charge in [0.2, 0.25) is 0 Å². The Hall–Kier alpha value is -2.56. The lowest BCUT2D eigenvalue weighted by Crippen LogP contribution is -2.25. The third kappa shape index (κ3) is 4.71.